The normalized spacial score (nSPS) is 13.8. The van der Waals surface area contributed by atoms with Crippen LogP contribution in [0, 0.1) is 12.3 Å². The number of pyridine rings is 1. The van der Waals surface area contributed by atoms with E-state index in [9.17, 15) is 0 Å². The van der Waals surface area contributed by atoms with Crippen LogP contribution in [-0.2, 0) is 6.42 Å². The van der Waals surface area contributed by atoms with Crippen molar-refractivity contribution in [1.29, 1.82) is 0 Å². The van der Waals surface area contributed by atoms with Crippen molar-refractivity contribution in [1.82, 2.24) is 10.3 Å². The van der Waals surface area contributed by atoms with Gasteiger partial charge in [0.25, 0.3) is 0 Å². The fourth-order valence-electron chi connectivity index (χ4n) is 1.91. The molecule has 0 spiro atoms. The van der Waals surface area contributed by atoms with Crippen LogP contribution in [0.4, 0.5) is 0 Å². The Balaban J connectivity index is 2.86. The number of nitrogens with one attached hydrogen (secondary N) is 1. The molecular formula is C14H23BrN2. The van der Waals surface area contributed by atoms with Crippen LogP contribution in [0.1, 0.15) is 39.0 Å². The van der Waals surface area contributed by atoms with Crippen LogP contribution in [-0.4, -0.2) is 17.6 Å². The quantitative estimate of drug-likeness (QED) is 0.916. The van der Waals surface area contributed by atoms with Gasteiger partial charge in [0.05, 0.1) is 0 Å². The van der Waals surface area contributed by atoms with Gasteiger partial charge in [-0.15, -0.1) is 0 Å². The lowest BCUT2D eigenvalue weighted by atomic mass is 9.83. The molecule has 0 amide bonds. The van der Waals surface area contributed by atoms with Crippen molar-refractivity contribution < 1.29 is 0 Å². The Bertz CT molecular complexity index is 369. The Labute approximate surface area is 113 Å². The number of hydrogen-bond donors (Lipinski definition) is 1. The first-order valence-electron chi connectivity index (χ1n) is 6.19. The molecule has 0 saturated carbocycles. The van der Waals surface area contributed by atoms with E-state index in [1.807, 2.05) is 6.20 Å². The average molecular weight is 299 g/mol. The van der Waals surface area contributed by atoms with Gasteiger partial charge < -0.3 is 5.32 Å². The lowest BCUT2D eigenvalue weighted by molar-refractivity contribution is 0.268. The smallest absolute Gasteiger partial charge is 0.0449 e. The Morgan fingerprint density at radius 2 is 2.06 bits per heavy atom. The number of hydrogen-bond acceptors (Lipinski definition) is 2. The molecule has 1 rings (SSSR count). The van der Waals surface area contributed by atoms with E-state index in [0.29, 0.717) is 6.04 Å². The van der Waals surface area contributed by atoms with Crippen LogP contribution < -0.4 is 5.32 Å². The zero-order valence-corrected chi connectivity index (χ0v) is 13.1. The monoisotopic (exact) mass is 298 g/mol. The summed E-state index contributed by atoms with van der Waals surface area (Å²) in [5, 5.41) is 3.56. The summed E-state index contributed by atoms with van der Waals surface area (Å²) in [7, 11) is 0. The van der Waals surface area contributed by atoms with E-state index in [-0.39, 0.29) is 5.41 Å². The molecule has 0 aromatic carbocycles. The fourth-order valence-corrected chi connectivity index (χ4v) is 2.35. The molecule has 0 aliphatic heterocycles. The van der Waals surface area contributed by atoms with Gasteiger partial charge >= 0.3 is 0 Å². The first-order chi connectivity index (χ1) is 7.84. The predicted molar refractivity (Wildman–Crippen MR) is 77.3 cm³/mol. The van der Waals surface area contributed by atoms with Crippen molar-refractivity contribution in [3.8, 4) is 0 Å². The SMILES string of the molecule is CCNC(Cc1ncc(Br)cc1C)C(C)(C)C. The minimum Gasteiger partial charge on any atom is -0.313 e. The summed E-state index contributed by atoms with van der Waals surface area (Å²) in [5.41, 5.74) is 2.69. The van der Waals surface area contributed by atoms with E-state index >= 15 is 0 Å². The third-order valence-corrected chi connectivity index (χ3v) is 3.48. The molecule has 1 unspecified atom stereocenters. The van der Waals surface area contributed by atoms with E-state index in [0.717, 1.165) is 17.4 Å². The summed E-state index contributed by atoms with van der Waals surface area (Å²) in [6.45, 7) is 12.1. The Morgan fingerprint density at radius 3 is 2.53 bits per heavy atom. The maximum absolute atomic E-state index is 4.53. The van der Waals surface area contributed by atoms with Crippen LogP contribution in [0.15, 0.2) is 16.7 Å². The summed E-state index contributed by atoms with van der Waals surface area (Å²) in [5.74, 6) is 0. The largest absolute Gasteiger partial charge is 0.313 e. The lowest BCUT2D eigenvalue weighted by Gasteiger charge is -2.31. The lowest BCUT2D eigenvalue weighted by Crippen LogP contribution is -2.42. The van der Waals surface area contributed by atoms with Gasteiger partial charge in [-0.3, -0.25) is 4.98 Å². The van der Waals surface area contributed by atoms with E-state index in [2.05, 4.69) is 66.9 Å². The van der Waals surface area contributed by atoms with E-state index in [1.165, 1.54) is 11.3 Å². The Kier molecular flexibility index (Phi) is 5.14. The third kappa shape index (κ3) is 4.40. The number of nitrogens with zero attached hydrogens (tertiary/aromatic N) is 1. The molecular weight excluding hydrogens is 276 g/mol. The summed E-state index contributed by atoms with van der Waals surface area (Å²) >= 11 is 3.45. The van der Waals surface area contributed by atoms with E-state index in [4.69, 9.17) is 0 Å². The number of likely N-dealkylation sites (N-methyl/N-ethyl adjacent to an activating group) is 1. The van der Waals surface area contributed by atoms with Crippen molar-refractivity contribution in [2.45, 2.75) is 47.1 Å². The van der Waals surface area contributed by atoms with Crippen molar-refractivity contribution >= 4 is 15.9 Å². The highest BCUT2D eigenvalue weighted by Gasteiger charge is 2.24. The van der Waals surface area contributed by atoms with E-state index in [1.54, 1.807) is 0 Å². The van der Waals surface area contributed by atoms with Gasteiger partial charge in [-0.25, -0.2) is 0 Å². The second-order valence-corrected chi connectivity index (χ2v) is 6.51. The minimum absolute atomic E-state index is 0.247. The number of halogens is 1. The van der Waals surface area contributed by atoms with Gasteiger partial charge in [0.2, 0.25) is 0 Å². The molecule has 1 N–H and O–H groups in total. The minimum atomic E-state index is 0.247. The van der Waals surface area contributed by atoms with Crippen molar-refractivity contribution in [3.05, 3.63) is 28.0 Å². The molecule has 0 radical (unpaired) electrons. The molecule has 0 saturated heterocycles. The zero-order chi connectivity index (χ0) is 13.1. The molecule has 0 fully saturated rings. The van der Waals surface area contributed by atoms with Crippen LogP contribution in [0.25, 0.3) is 0 Å². The highest BCUT2D eigenvalue weighted by atomic mass is 79.9. The van der Waals surface area contributed by atoms with Gasteiger partial charge in [-0.2, -0.15) is 0 Å². The molecule has 1 aromatic rings. The molecule has 0 bridgehead atoms. The molecule has 1 heterocycles. The van der Waals surface area contributed by atoms with Gasteiger partial charge in [-0.1, -0.05) is 27.7 Å². The second kappa shape index (κ2) is 5.96. The molecule has 2 nitrogen and oxygen atoms in total. The highest BCUT2D eigenvalue weighted by molar-refractivity contribution is 9.10. The van der Waals surface area contributed by atoms with Crippen LogP contribution in [0.2, 0.25) is 0 Å². The van der Waals surface area contributed by atoms with Crippen LogP contribution in [0.5, 0.6) is 0 Å². The van der Waals surface area contributed by atoms with Crippen molar-refractivity contribution in [2.75, 3.05) is 6.54 Å². The zero-order valence-electron chi connectivity index (χ0n) is 11.5. The molecule has 0 aliphatic carbocycles. The molecule has 1 aromatic heterocycles. The van der Waals surface area contributed by atoms with Crippen LogP contribution >= 0.6 is 15.9 Å². The fraction of sp³-hybridized carbons (Fsp3) is 0.643. The standard InChI is InChI=1S/C14H23BrN2/c1-6-16-13(14(3,4)5)8-12-10(2)7-11(15)9-17-12/h7,9,13,16H,6,8H2,1-5H3. The van der Waals surface area contributed by atoms with Gasteiger partial charge in [0, 0.05) is 28.8 Å². The summed E-state index contributed by atoms with van der Waals surface area (Å²) in [4.78, 5) is 4.53. The Morgan fingerprint density at radius 1 is 1.41 bits per heavy atom. The number of aromatic nitrogens is 1. The second-order valence-electron chi connectivity index (χ2n) is 5.60. The molecule has 0 aliphatic rings. The molecule has 3 heteroatoms. The summed E-state index contributed by atoms with van der Waals surface area (Å²) in [6.07, 6.45) is 2.87. The average Bonchev–Trinajstić information content (AvgIpc) is 2.19. The van der Waals surface area contributed by atoms with Crippen molar-refractivity contribution in [3.63, 3.8) is 0 Å². The third-order valence-electron chi connectivity index (χ3n) is 3.05. The molecule has 17 heavy (non-hydrogen) atoms. The van der Waals surface area contributed by atoms with Gasteiger partial charge in [0.15, 0.2) is 0 Å². The number of rotatable bonds is 4. The predicted octanol–water partition coefficient (Wildman–Crippen LogP) is 3.72. The molecule has 1 atom stereocenters. The molecule has 96 valence electrons. The maximum Gasteiger partial charge on any atom is 0.0449 e. The first kappa shape index (κ1) is 14.7. The first-order valence-corrected chi connectivity index (χ1v) is 6.98. The van der Waals surface area contributed by atoms with Crippen molar-refractivity contribution in [2.24, 2.45) is 5.41 Å². The summed E-state index contributed by atoms with van der Waals surface area (Å²) in [6, 6.07) is 2.59. The summed E-state index contributed by atoms with van der Waals surface area (Å²) < 4.78 is 1.05. The van der Waals surface area contributed by atoms with E-state index < -0.39 is 0 Å². The maximum atomic E-state index is 4.53. The van der Waals surface area contributed by atoms with Gasteiger partial charge in [-0.05, 0) is 46.4 Å². The highest BCUT2D eigenvalue weighted by Crippen LogP contribution is 2.23. The van der Waals surface area contributed by atoms with Crippen LogP contribution in [0.3, 0.4) is 0 Å². The Hall–Kier alpha value is -0.410. The number of aryl methyl sites for hydroxylation is 1. The van der Waals surface area contributed by atoms with Gasteiger partial charge in [0.1, 0.15) is 0 Å². The topological polar surface area (TPSA) is 24.9 Å².